The maximum Gasteiger partial charge on any atom is 0.241 e. The molecule has 1 atom stereocenters. The summed E-state index contributed by atoms with van der Waals surface area (Å²) < 4.78 is 5.85. The number of anilines is 1. The molecule has 1 aromatic rings. The summed E-state index contributed by atoms with van der Waals surface area (Å²) in [5.74, 6) is 0.181. The van der Waals surface area contributed by atoms with E-state index in [1.807, 2.05) is 0 Å². The van der Waals surface area contributed by atoms with Gasteiger partial charge in [-0.1, -0.05) is 17.7 Å². The number of halogens is 2. The monoisotopic (exact) mass is 332 g/mol. The predicted octanol–water partition coefficient (Wildman–Crippen LogP) is 2.95. The minimum atomic E-state index is -0.648. The molecule has 1 rings (SSSR count). The molecule has 0 aliphatic carbocycles. The van der Waals surface area contributed by atoms with Gasteiger partial charge in [-0.2, -0.15) is 0 Å². The fourth-order valence-corrected chi connectivity index (χ4v) is 2.34. The van der Waals surface area contributed by atoms with Gasteiger partial charge >= 0.3 is 0 Å². The van der Waals surface area contributed by atoms with E-state index in [1.54, 1.807) is 18.2 Å². The Hall–Kier alpha value is -1.04. The molecule has 0 radical (unpaired) electrons. The number of rotatable bonds is 5. The van der Waals surface area contributed by atoms with Gasteiger partial charge in [0.25, 0.3) is 0 Å². The van der Waals surface area contributed by atoms with Gasteiger partial charge in [0.2, 0.25) is 5.91 Å². The Morgan fingerprint density at radius 1 is 1.72 bits per heavy atom. The number of nitrogens with one attached hydrogen (secondary N) is 1. The summed E-state index contributed by atoms with van der Waals surface area (Å²) in [7, 11) is 1.51. The number of benzene rings is 1. The van der Waals surface area contributed by atoms with Gasteiger partial charge in [0, 0.05) is 5.02 Å². The molecule has 6 heteroatoms. The first kappa shape index (κ1) is 15.0. The summed E-state index contributed by atoms with van der Waals surface area (Å²) in [5, 5.41) is 3.16. The lowest BCUT2D eigenvalue weighted by atomic mass is 10.2. The molecule has 0 saturated carbocycles. The largest absolute Gasteiger partial charge is 0.493 e. The molecule has 1 aromatic carbocycles. The summed E-state index contributed by atoms with van der Waals surface area (Å²) in [6.07, 6.45) is 1.99. The maximum atomic E-state index is 11.8. The van der Waals surface area contributed by atoms with Crippen molar-refractivity contribution in [3.63, 3.8) is 0 Å². The first-order valence-electron chi connectivity index (χ1n) is 5.20. The van der Waals surface area contributed by atoms with Gasteiger partial charge in [0.05, 0.1) is 23.3 Å². The molecule has 1 amide bonds. The molecule has 0 saturated heterocycles. The molecule has 0 aliphatic heterocycles. The van der Waals surface area contributed by atoms with Crippen molar-refractivity contribution in [3.8, 4) is 5.75 Å². The van der Waals surface area contributed by atoms with Crippen LogP contribution in [0, 0.1) is 0 Å². The molecule has 0 aliphatic rings. The molecule has 0 spiro atoms. The van der Waals surface area contributed by atoms with Crippen LogP contribution in [0.3, 0.4) is 0 Å². The Labute approximate surface area is 119 Å². The molecule has 1 unspecified atom stereocenters. The van der Waals surface area contributed by atoms with Gasteiger partial charge in [-0.05, 0) is 34.5 Å². The van der Waals surface area contributed by atoms with Crippen molar-refractivity contribution in [2.45, 2.75) is 12.5 Å². The number of ether oxygens (including phenoxy) is 1. The van der Waals surface area contributed by atoms with Crippen molar-refractivity contribution in [3.05, 3.63) is 34.3 Å². The topological polar surface area (TPSA) is 64.4 Å². The molecule has 0 bridgehead atoms. The van der Waals surface area contributed by atoms with E-state index < -0.39 is 6.04 Å². The minimum absolute atomic E-state index is 0.317. The fourth-order valence-electron chi connectivity index (χ4n) is 1.37. The van der Waals surface area contributed by atoms with Gasteiger partial charge in [-0.3, -0.25) is 4.79 Å². The first-order valence-corrected chi connectivity index (χ1v) is 6.37. The molecular weight excluding hydrogens is 320 g/mol. The molecule has 98 valence electrons. The highest BCUT2D eigenvalue weighted by Gasteiger charge is 2.16. The van der Waals surface area contributed by atoms with Crippen molar-refractivity contribution < 1.29 is 9.53 Å². The average molecular weight is 334 g/mol. The molecule has 0 fully saturated rings. The fraction of sp³-hybridized carbons (Fsp3) is 0.250. The van der Waals surface area contributed by atoms with Crippen LogP contribution in [0.15, 0.2) is 29.3 Å². The Morgan fingerprint density at radius 2 is 2.39 bits per heavy atom. The molecular formula is C12H14BrClN2O2. The van der Waals surface area contributed by atoms with Crippen LogP contribution in [0.2, 0.25) is 5.02 Å². The number of carbonyl (C=O) groups is 1. The Morgan fingerprint density at radius 3 is 2.94 bits per heavy atom. The highest BCUT2D eigenvalue weighted by atomic mass is 79.9. The number of carbonyl (C=O) groups excluding carboxylic acids is 1. The number of methoxy groups -OCH3 is 1. The average Bonchev–Trinajstić information content (AvgIpc) is 2.28. The van der Waals surface area contributed by atoms with E-state index in [0.717, 1.165) is 0 Å². The van der Waals surface area contributed by atoms with Crippen LogP contribution in [0.5, 0.6) is 5.75 Å². The van der Waals surface area contributed by atoms with E-state index in [4.69, 9.17) is 22.1 Å². The van der Waals surface area contributed by atoms with Gasteiger partial charge in [0.1, 0.15) is 0 Å². The molecule has 4 nitrogen and oxygen atoms in total. The third-order valence-corrected chi connectivity index (χ3v) is 3.03. The second-order valence-electron chi connectivity index (χ2n) is 3.59. The molecule has 0 aromatic heterocycles. The number of hydrogen-bond donors (Lipinski definition) is 2. The summed E-state index contributed by atoms with van der Waals surface area (Å²) >= 11 is 9.23. The molecule has 0 heterocycles. The van der Waals surface area contributed by atoms with Crippen molar-refractivity contribution in [2.24, 2.45) is 5.73 Å². The van der Waals surface area contributed by atoms with Crippen LogP contribution in [0.25, 0.3) is 0 Å². The van der Waals surface area contributed by atoms with Gasteiger partial charge in [-0.25, -0.2) is 0 Å². The number of amides is 1. The number of hydrogen-bond acceptors (Lipinski definition) is 3. The number of nitrogens with two attached hydrogens (primary N) is 1. The van der Waals surface area contributed by atoms with Crippen LogP contribution >= 0.6 is 27.5 Å². The zero-order valence-electron chi connectivity index (χ0n) is 9.87. The highest BCUT2D eigenvalue weighted by Crippen LogP contribution is 2.36. The molecule has 18 heavy (non-hydrogen) atoms. The SMILES string of the molecule is C=CCC(N)C(=O)Nc1cc(Cl)cc(Br)c1OC. The van der Waals surface area contributed by atoms with Crippen LogP contribution in [0.4, 0.5) is 5.69 Å². The van der Waals surface area contributed by atoms with E-state index >= 15 is 0 Å². The van der Waals surface area contributed by atoms with Crippen LogP contribution in [-0.4, -0.2) is 19.1 Å². The second-order valence-corrected chi connectivity index (χ2v) is 4.88. The maximum absolute atomic E-state index is 11.8. The Bertz CT molecular complexity index is 466. The standard InChI is InChI=1S/C12H14BrClN2O2/c1-3-4-9(15)12(17)16-10-6-7(14)5-8(13)11(10)18-2/h3,5-6,9H,1,4,15H2,2H3,(H,16,17). The zero-order chi connectivity index (χ0) is 13.7. The first-order chi connectivity index (χ1) is 8.49. The Balaban J connectivity index is 2.96. The summed E-state index contributed by atoms with van der Waals surface area (Å²) in [6.45, 7) is 3.54. The van der Waals surface area contributed by atoms with Crippen molar-refractivity contribution in [1.82, 2.24) is 0 Å². The van der Waals surface area contributed by atoms with Crippen LogP contribution in [0.1, 0.15) is 6.42 Å². The lowest BCUT2D eigenvalue weighted by Gasteiger charge is -2.14. The van der Waals surface area contributed by atoms with E-state index in [1.165, 1.54) is 7.11 Å². The lowest BCUT2D eigenvalue weighted by molar-refractivity contribution is -0.117. The van der Waals surface area contributed by atoms with Crippen molar-refractivity contribution in [1.29, 1.82) is 0 Å². The normalized spacial score (nSPS) is 11.8. The smallest absolute Gasteiger partial charge is 0.241 e. The van der Waals surface area contributed by atoms with E-state index in [0.29, 0.717) is 27.4 Å². The highest BCUT2D eigenvalue weighted by molar-refractivity contribution is 9.10. The van der Waals surface area contributed by atoms with Crippen LogP contribution < -0.4 is 15.8 Å². The zero-order valence-corrected chi connectivity index (χ0v) is 12.2. The van der Waals surface area contributed by atoms with Crippen molar-refractivity contribution in [2.75, 3.05) is 12.4 Å². The summed E-state index contributed by atoms with van der Waals surface area (Å²) in [4.78, 5) is 11.8. The van der Waals surface area contributed by atoms with E-state index in [9.17, 15) is 4.79 Å². The van der Waals surface area contributed by atoms with Gasteiger partial charge < -0.3 is 15.8 Å². The lowest BCUT2D eigenvalue weighted by Crippen LogP contribution is -2.35. The minimum Gasteiger partial charge on any atom is -0.493 e. The van der Waals surface area contributed by atoms with Crippen LogP contribution in [-0.2, 0) is 4.79 Å². The molecule has 3 N–H and O–H groups in total. The predicted molar refractivity (Wildman–Crippen MR) is 77.1 cm³/mol. The van der Waals surface area contributed by atoms with Gasteiger partial charge in [-0.15, -0.1) is 6.58 Å². The third kappa shape index (κ3) is 3.73. The second kappa shape index (κ2) is 6.78. The third-order valence-electron chi connectivity index (χ3n) is 2.23. The van der Waals surface area contributed by atoms with E-state index in [-0.39, 0.29) is 5.91 Å². The quantitative estimate of drug-likeness (QED) is 0.814. The Kier molecular flexibility index (Phi) is 5.65. The van der Waals surface area contributed by atoms with E-state index in [2.05, 4.69) is 27.8 Å². The van der Waals surface area contributed by atoms with Crippen molar-refractivity contribution >= 4 is 39.1 Å². The summed E-state index contributed by atoms with van der Waals surface area (Å²) in [6, 6.07) is 2.63. The van der Waals surface area contributed by atoms with Gasteiger partial charge in [0.15, 0.2) is 5.75 Å². The summed E-state index contributed by atoms with van der Waals surface area (Å²) in [5.41, 5.74) is 6.15.